The van der Waals surface area contributed by atoms with Crippen LogP contribution in [0.5, 0.6) is 11.5 Å². The monoisotopic (exact) mass is 495 g/mol. The van der Waals surface area contributed by atoms with E-state index < -0.39 is 0 Å². The van der Waals surface area contributed by atoms with Gasteiger partial charge in [-0.3, -0.25) is 14.5 Å². The van der Waals surface area contributed by atoms with E-state index in [2.05, 4.69) is 0 Å². The summed E-state index contributed by atoms with van der Waals surface area (Å²) in [5.41, 5.74) is 3.58. The maximum absolute atomic E-state index is 13.8. The highest BCUT2D eigenvalue weighted by atomic mass is 16.5. The Morgan fingerprint density at radius 1 is 0.474 bits per heavy atom. The van der Waals surface area contributed by atoms with Gasteiger partial charge in [0.1, 0.15) is 16.7 Å². The Hall–Kier alpha value is -5.36. The van der Waals surface area contributed by atoms with Gasteiger partial charge in [0.15, 0.2) is 17.1 Å². The minimum absolute atomic E-state index is 0.182. The molecule has 3 heterocycles. The molecule has 0 saturated carbocycles. The summed E-state index contributed by atoms with van der Waals surface area (Å²) in [5.74, 6) is 1.40. The van der Waals surface area contributed by atoms with Crippen LogP contribution in [-0.4, -0.2) is 0 Å². The van der Waals surface area contributed by atoms with Gasteiger partial charge < -0.3 is 13.6 Å². The first-order valence-electron chi connectivity index (χ1n) is 12.2. The number of hydrogen-bond donors (Lipinski definition) is 0. The lowest BCUT2D eigenvalue weighted by Crippen LogP contribution is -2.16. The third-order valence-electron chi connectivity index (χ3n) is 7.05. The molecule has 0 fully saturated rings. The van der Waals surface area contributed by atoms with Crippen LogP contribution in [0.25, 0.3) is 43.9 Å². The van der Waals surface area contributed by atoms with E-state index in [-0.39, 0.29) is 10.9 Å². The van der Waals surface area contributed by atoms with Crippen molar-refractivity contribution in [1.29, 1.82) is 0 Å². The minimum Gasteiger partial charge on any atom is -0.456 e. The van der Waals surface area contributed by atoms with Gasteiger partial charge in [0.2, 0.25) is 10.9 Å². The second-order valence-corrected chi connectivity index (χ2v) is 9.23. The highest BCUT2D eigenvalue weighted by Crippen LogP contribution is 2.51. The van der Waals surface area contributed by atoms with Crippen molar-refractivity contribution < 1.29 is 13.6 Å². The van der Waals surface area contributed by atoms with Crippen molar-refractivity contribution in [3.8, 4) is 11.5 Å². The number of fused-ring (bicyclic) bond motifs is 6. The molecule has 38 heavy (non-hydrogen) atoms. The second-order valence-electron chi connectivity index (χ2n) is 9.23. The van der Waals surface area contributed by atoms with Crippen LogP contribution in [0, 0.1) is 0 Å². The molecule has 5 aromatic carbocycles. The van der Waals surface area contributed by atoms with Crippen molar-refractivity contribution in [3.63, 3.8) is 0 Å². The molecule has 0 atom stereocenters. The Morgan fingerprint density at radius 3 is 1.82 bits per heavy atom. The molecule has 0 bridgehead atoms. The second kappa shape index (κ2) is 7.57. The van der Waals surface area contributed by atoms with Gasteiger partial charge in [-0.1, -0.05) is 42.5 Å². The lowest BCUT2D eigenvalue weighted by atomic mass is 10.1. The molecule has 1 aliphatic heterocycles. The van der Waals surface area contributed by atoms with E-state index in [0.29, 0.717) is 61.1 Å². The Bertz CT molecular complexity index is 2180. The molecule has 6 heteroatoms. The molecule has 0 aliphatic carbocycles. The summed E-state index contributed by atoms with van der Waals surface area (Å²) in [5, 5.41) is 1.56. The summed E-state index contributed by atoms with van der Waals surface area (Å²) in [6.45, 7) is 0. The zero-order valence-corrected chi connectivity index (χ0v) is 19.8. The predicted molar refractivity (Wildman–Crippen MR) is 148 cm³/mol. The largest absolute Gasteiger partial charge is 0.456 e. The number of nitrogens with zero attached hydrogens (tertiary/aromatic N) is 1. The first-order valence-corrected chi connectivity index (χ1v) is 12.2. The lowest BCUT2D eigenvalue weighted by molar-refractivity contribution is 0.477. The maximum Gasteiger partial charge on any atom is 0.200 e. The molecule has 8 rings (SSSR count). The third-order valence-corrected chi connectivity index (χ3v) is 7.05. The topological polar surface area (TPSA) is 72.9 Å². The Kier molecular flexibility index (Phi) is 4.14. The van der Waals surface area contributed by atoms with Gasteiger partial charge in [-0.15, -0.1) is 0 Å². The van der Waals surface area contributed by atoms with Gasteiger partial charge in [-0.2, -0.15) is 0 Å². The van der Waals surface area contributed by atoms with Crippen LogP contribution in [0.4, 0.5) is 17.1 Å². The molecule has 1 aliphatic rings. The van der Waals surface area contributed by atoms with Crippen molar-refractivity contribution in [2.24, 2.45) is 0 Å². The molecule has 0 unspecified atom stereocenters. The van der Waals surface area contributed by atoms with E-state index in [4.69, 9.17) is 13.6 Å². The highest BCUT2D eigenvalue weighted by Gasteiger charge is 2.28. The number of ether oxygens (including phenoxy) is 1. The molecule has 0 radical (unpaired) electrons. The highest BCUT2D eigenvalue weighted by molar-refractivity contribution is 6.04. The zero-order chi connectivity index (χ0) is 25.4. The number of para-hydroxylation sites is 6. The van der Waals surface area contributed by atoms with Gasteiger partial charge in [0.25, 0.3) is 0 Å². The number of rotatable bonds is 1. The number of hydrogen-bond acceptors (Lipinski definition) is 6. The summed E-state index contributed by atoms with van der Waals surface area (Å²) in [4.78, 5) is 29.0. The van der Waals surface area contributed by atoms with E-state index >= 15 is 0 Å². The van der Waals surface area contributed by atoms with Crippen molar-refractivity contribution in [2.75, 3.05) is 4.90 Å². The van der Waals surface area contributed by atoms with Crippen LogP contribution >= 0.6 is 0 Å². The zero-order valence-electron chi connectivity index (χ0n) is 19.8. The predicted octanol–water partition coefficient (Wildman–Crippen LogP) is 7.78. The molecular formula is C32H17NO5. The molecule has 6 nitrogen and oxygen atoms in total. The van der Waals surface area contributed by atoms with Gasteiger partial charge in [-0.05, 0) is 54.6 Å². The smallest absolute Gasteiger partial charge is 0.200 e. The Labute approximate surface area is 214 Å². The summed E-state index contributed by atoms with van der Waals surface area (Å²) in [7, 11) is 0. The summed E-state index contributed by atoms with van der Waals surface area (Å²) < 4.78 is 18.6. The maximum atomic E-state index is 13.8. The summed E-state index contributed by atoms with van der Waals surface area (Å²) in [6.07, 6.45) is 0. The fourth-order valence-corrected chi connectivity index (χ4v) is 5.30. The van der Waals surface area contributed by atoms with Gasteiger partial charge in [-0.25, -0.2) is 0 Å². The quantitative estimate of drug-likeness (QED) is 0.217. The molecule has 7 aromatic rings. The molecule has 2 aromatic heterocycles. The van der Waals surface area contributed by atoms with Crippen LogP contribution in [0.3, 0.4) is 0 Å². The molecule has 0 spiro atoms. The number of benzene rings is 5. The fourth-order valence-electron chi connectivity index (χ4n) is 5.30. The van der Waals surface area contributed by atoms with Crippen molar-refractivity contribution in [2.45, 2.75) is 0 Å². The SMILES string of the molecule is O=c1c2ccccc2oc2cc3oc4c(N5c6ccccc6Oc6ccccc65)cccc4c(=O)c3cc12. The first-order chi connectivity index (χ1) is 18.7. The summed E-state index contributed by atoms with van der Waals surface area (Å²) >= 11 is 0. The minimum atomic E-state index is -0.215. The first kappa shape index (κ1) is 20.8. The van der Waals surface area contributed by atoms with Crippen molar-refractivity contribution >= 4 is 60.9 Å². The van der Waals surface area contributed by atoms with Gasteiger partial charge in [0.05, 0.1) is 38.6 Å². The van der Waals surface area contributed by atoms with Crippen LogP contribution in [0.2, 0.25) is 0 Å². The molecule has 0 N–H and O–H groups in total. The normalized spacial score (nSPS) is 12.6. The van der Waals surface area contributed by atoms with E-state index in [1.807, 2.05) is 71.6 Å². The molecule has 0 amide bonds. The van der Waals surface area contributed by atoms with Crippen LogP contribution in [-0.2, 0) is 0 Å². The Balaban J connectivity index is 1.46. The van der Waals surface area contributed by atoms with Gasteiger partial charge in [0, 0.05) is 6.07 Å². The Morgan fingerprint density at radius 2 is 1.05 bits per heavy atom. The third kappa shape index (κ3) is 2.82. The average molecular weight is 495 g/mol. The van der Waals surface area contributed by atoms with Crippen molar-refractivity contribution in [1.82, 2.24) is 0 Å². The molecule has 0 saturated heterocycles. The van der Waals surface area contributed by atoms with Crippen LogP contribution in [0.15, 0.2) is 122 Å². The standard InChI is InChI=1S/C32H17NO5/c34-30-18-8-1-4-13-25(18)36-28-17-29-21(16-20(28)30)31(35)19-9-7-12-24(32(19)38-29)33-22-10-2-5-14-26(22)37-27-15-6-3-11-23(27)33/h1-17H. The van der Waals surface area contributed by atoms with E-state index in [1.165, 1.54) is 0 Å². The fraction of sp³-hybridized carbons (Fsp3) is 0. The lowest BCUT2D eigenvalue weighted by Gasteiger charge is -2.32. The van der Waals surface area contributed by atoms with Crippen LogP contribution in [0.1, 0.15) is 0 Å². The van der Waals surface area contributed by atoms with Gasteiger partial charge >= 0.3 is 0 Å². The van der Waals surface area contributed by atoms with E-state index in [9.17, 15) is 9.59 Å². The summed E-state index contributed by atoms with van der Waals surface area (Å²) in [6, 6.07) is 31.3. The number of anilines is 3. The van der Waals surface area contributed by atoms with Crippen LogP contribution < -0.4 is 20.5 Å². The van der Waals surface area contributed by atoms with E-state index in [1.54, 1.807) is 36.4 Å². The average Bonchev–Trinajstić information content (AvgIpc) is 2.95. The van der Waals surface area contributed by atoms with Crippen molar-refractivity contribution in [3.05, 3.63) is 124 Å². The van der Waals surface area contributed by atoms with E-state index in [0.717, 1.165) is 11.4 Å². The molecular weight excluding hydrogens is 478 g/mol. The molecule has 180 valence electrons.